The third-order valence-corrected chi connectivity index (χ3v) is 9.45. The predicted molar refractivity (Wildman–Crippen MR) is 158 cm³/mol. The molecule has 2 aromatic carbocycles. The van der Waals surface area contributed by atoms with E-state index in [1.54, 1.807) is 0 Å². The van der Waals surface area contributed by atoms with E-state index >= 15 is 0 Å². The third-order valence-electron chi connectivity index (χ3n) is 8.11. The zero-order valence-electron chi connectivity index (χ0n) is 23.9. The summed E-state index contributed by atoms with van der Waals surface area (Å²) in [5.41, 5.74) is 5.79. The topological polar surface area (TPSA) is 137 Å². The number of halogens is 4. The molecule has 1 spiro atoms. The number of aromatic nitrogens is 2. The van der Waals surface area contributed by atoms with Gasteiger partial charge >= 0.3 is 12.1 Å². The number of alkyl halides is 3. The lowest BCUT2D eigenvalue weighted by Crippen LogP contribution is -2.41. The summed E-state index contributed by atoms with van der Waals surface area (Å²) in [5, 5.41) is 3.37. The lowest BCUT2D eigenvalue weighted by Gasteiger charge is -2.39. The molecule has 2 aliphatic heterocycles. The minimum absolute atomic E-state index is 0.0457. The average Bonchev–Trinajstić information content (AvgIpc) is 3.38. The van der Waals surface area contributed by atoms with Crippen LogP contribution in [0.2, 0.25) is 5.02 Å². The molecule has 15 heteroatoms. The first-order valence-electron chi connectivity index (χ1n) is 13.7. The second kappa shape index (κ2) is 12.1. The molecule has 3 N–H and O–H groups in total. The molecule has 3 heterocycles. The fraction of sp³-hybridized carbons (Fsp3) is 0.414. The summed E-state index contributed by atoms with van der Waals surface area (Å²) >= 11 is 6.17. The van der Waals surface area contributed by atoms with Crippen LogP contribution in [0, 0.1) is 5.41 Å². The molecule has 2 aliphatic rings. The highest BCUT2D eigenvalue weighted by molar-refractivity contribution is 7.90. The summed E-state index contributed by atoms with van der Waals surface area (Å²) in [4.78, 5) is 22.0. The van der Waals surface area contributed by atoms with E-state index in [9.17, 15) is 26.4 Å². The van der Waals surface area contributed by atoms with Crippen LogP contribution in [0.1, 0.15) is 30.9 Å². The van der Waals surface area contributed by atoms with Gasteiger partial charge in [0.2, 0.25) is 17.9 Å². The van der Waals surface area contributed by atoms with Gasteiger partial charge in [0.05, 0.1) is 12.0 Å². The van der Waals surface area contributed by atoms with Crippen molar-refractivity contribution in [2.75, 3.05) is 43.6 Å². The van der Waals surface area contributed by atoms with Gasteiger partial charge in [0.15, 0.2) is 9.84 Å². The van der Waals surface area contributed by atoms with E-state index in [1.165, 1.54) is 55.6 Å². The molecule has 0 amide bonds. The molecule has 5 rings (SSSR count). The maximum Gasteiger partial charge on any atom is 0.429 e. The third kappa shape index (κ3) is 6.87. The first kappa shape index (κ1) is 31.8. The number of methoxy groups -OCH3 is 1. The van der Waals surface area contributed by atoms with Crippen LogP contribution < -0.4 is 20.7 Å². The quantitative estimate of drug-likeness (QED) is 0.349. The Labute approximate surface area is 257 Å². The van der Waals surface area contributed by atoms with Crippen LogP contribution in [0.3, 0.4) is 0 Å². The van der Waals surface area contributed by atoms with Crippen LogP contribution in [-0.2, 0) is 19.4 Å². The van der Waals surface area contributed by atoms with Crippen LogP contribution >= 0.6 is 11.6 Å². The number of piperidine rings is 1. The molecule has 0 saturated carbocycles. The van der Waals surface area contributed by atoms with E-state index in [0.29, 0.717) is 31.9 Å². The lowest BCUT2D eigenvalue weighted by molar-refractivity contribution is -0.198. The molecule has 0 bridgehead atoms. The second-order valence-electron chi connectivity index (χ2n) is 11.1. The van der Waals surface area contributed by atoms with Gasteiger partial charge in [0, 0.05) is 42.5 Å². The van der Waals surface area contributed by atoms with Gasteiger partial charge in [-0.15, -0.1) is 0 Å². The van der Waals surface area contributed by atoms with Crippen LogP contribution in [0.4, 0.5) is 24.9 Å². The normalized spacial score (nSPS) is 19.1. The molecule has 3 aromatic rings. The van der Waals surface area contributed by atoms with Crippen molar-refractivity contribution in [1.29, 1.82) is 0 Å². The fourth-order valence-corrected chi connectivity index (χ4v) is 6.64. The Morgan fingerprint density at radius 2 is 1.89 bits per heavy atom. The molecule has 236 valence electrons. The smallest absolute Gasteiger partial charge is 0.429 e. The van der Waals surface area contributed by atoms with Crippen molar-refractivity contribution in [1.82, 2.24) is 15.3 Å². The van der Waals surface area contributed by atoms with Crippen molar-refractivity contribution in [2.24, 2.45) is 5.41 Å². The lowest BCUT2D eigenvalue weighted by atomic mass is 9.76. The number of benzene rings is 2. The standard InChI is InChI=1S/C29H31ClF3N5O5S/c1-42-26(39)22-15-28(16-35-22)8-10-38(11-9-28)23-14-24(37-27(34)36-23)43-25(29(31,32)33)20-7-6-18(30)13-21(20)17-4-3-5-19(12-17)44(2,40)41/h3-7,12-14,22,25,35H,8-11,15-16H2,1-2H3,(H2,34,36,37)/t22-,25?/m0/s1. The molecule has 10 nitrogen and oxygen atoms in total. The van der Waals surface area contributed by atoms with Crippen LogP contribution in [0.15, 0.2) is 53.4 Å². The van der Waals surface area contributed by atoms with E-state index in [4.69, 9.17) is 26.8 Å². The van der Waals surface area contributed by atoms with Crippen LogP contribution in [0.5, 0.6) is 5.88 Å². The van der Waals surface area contributed by atoms with E-state index in [1.807, 2.05) is 4.90 Å². The van der Waals surface area contributed by atoms with Crippen molar-refractivity contribution in [3.05, 3.63) is 59.1 Å². The van der Waals surface area contributed by atoms with Gasteiger partial charge in [-0.25, -0.2) is 8.42 Å². The van der Waals surface area contributed by atoms with Gasteiger partial charge in [-0.1, -0.05) is 29.8 Å². The molecule has 2 fully saturated rings. The predicted octanol–water partition coefficient (Wildman–Crippen LogP) is 4.59. The number of nitrogens with two attached hydrogens (primary N) is 1. The Morgan fingerprint density at radius 3 is 2.55 bits per heavy atom. The highest BCUT2D eigenvalue weighted by atomic mass is 35.5. The van der Waals surface area contributed by atoms with Crippen molar-refractivity contribution in [3.8, 4) is 17.0 Å². The number of carbonyl (C=O) groups excluding carboxylic acids is 1. The Morgan fingerprint density at radius 1 is 1.16 bits per heavy atom. The molecule has 0 aliphatic carbocycles. The van der Waals surface area contributed by atoms with E-state index < -0.39 is 22.1 Å². The van der Waals surface area contributed by atoms with Crippen molar-refractivity contribution in [3.63, 3.8) is 0 Å². The van der Waals surface area contributed by atoms with Gasteiger partial charge in [-0.3, -0.25) is 4.79 Å². The first-order valence-corrected chi connectivity index (χ1v) is 16.0. The number of ether oxygens (including phenoxy) is 2. The highest BCUT2D eigenvalue weighted by Gasteiger charge is 2.46. The Hall–Kier alpha value is -3.62. The monoisotopic (exact) mass is 653 g/mol. The number of anilines is 2. The number of hydrogen-bond donors (Lipinski definition) is 2. The number of carbonyl (C=O) groups is 1. The number of rotatable bonds is 7. The zero-order valence-corrected chi connectivity index (χ0v) is 25.5. The molecular formula is C29H31ClF3N5O5S. The van der Waals surface area contributed by atoms with Crippen molar-refractivity contribution < 1.29 is 35.9 Å². The second-order valence-corrected chi connectivity index (χ2v) is 13.6. The summed E-state index contributed by atoms with van der Waals surface area (Å²) in [5.74, 6) is -0.630. The molecule has 1 aromatic heterocycles. The summed E-state index contributed by atoms with van der Waals surface area (Å²) in [6.07, 6.45) is -4.31. The number of nitrogen functional groups attached to an aromatic ring is 1. The maximum atomic E-state index is 14.6. The Bertz CT molecular complexity index is 1670. The van der Waals surface area contributed by atoms with Gasteiger partial charge in [-0.05, 0) is 60.1 Å². The minimum Gasteiger partial charge on any atom is -0.468 e. The van der Waals surface area contributed by atoms with Crippen LogP contribution in [-0.4, -0.2) is 69.6 Å². The van der Waals surface area contributed by atoms with E-state index in [0.717, 1.165) is 19.1 Å². The highest BCUT2D eigenvalue weighted by Crippen LogP contribution is 2.43. The Kier molecular flexibility index (Phi) is 8.71. The van der Waals surface area contributed by atoms with Gasteiger partial charge in [0.1, 0.15) is 11.9 Å². The number of nitrogens with one attached hydrogen (secondary N) is 1. The largest absolute Gasteiger partial charge is 0.468 e. The summed E-state index contributed by atoms with van der Waals surface area (Å²) in [6.45, 7) is 1.73. The number of hydrogen-bond acceptors (Lipinski definition) is 10. The van der Waals surface area contributed by atoms with Gasteiger partial charge in [0.25, 0.3) is 0 Å². The number of nitrogens with zero attached hydrogens (tertiary/aromatic N) is 3. The number of esters is 1. The number of sulfone groups is 1. The molecule has 2 atom stereocenters. The van der Waals surface area contributed by atoms with E-state index in [2.05, 4.69) is 15.3 Å². The van der Waals surface area contributed by atoms with Crippen molar-refractivity contribution in [2.45, 2.75) is 42.5 Å². The average molecular weight is 654 g/mol. The van der Waals surface area contributed by atoms with Gasteiger partial charge < -0.3 is 25.4 Å². The molecule has 0 radical (unpaired) electrons. The maximum absolute atomic E-state index is 14.6. The minimum atomic E-state index is -4.90. The van der Waals surface area contributed by atoms with E-state index in [-0.39, 0.29) is 55.9 Å². The van der Waals surface area contributed by atoms with Gasteiger partial charge in [-0.2, -0.15) is 23.1 Å². The fourth-order valence-electron chi connectivity index (χ4n) is 5.80. The Balaban J connectivity index is 1.42. The summed E-state index contributed by atoms with van der Waals surface area (Å²) < 4.78 is 78.5. The van der Waals surface area contributed by atoms with Crippen molar-refractivity contribution >= 4 is 39.2 Å². The molecule has 2 saturated heterocycles. The zero-order chi connectivity index (χ0) is 31.9. The molecule has 1 unspecified atom stereocenters. The molecular weight excluding hydrogens is 623 g/mol. The van der Waals surface area contributed by atoms with Crippen LogP contribution in [0.25, 0.3) is 11.1 Å². The first-order chi connectivity index (χ1) is 20.7. The SMILES string of the molecule is COC(=O)[C@@H]1CC2(CCN(c3cc(OC(c4ccc(Cl)cc4-c4cccc(S(C)(=O)=O)c4)C(F)(F)F)nc(N)n3)CC2)CN1. The molecule has 44 heavy (non-hydrogen) atoms. The summed E-state index contributed by atoms with van der Waals surface area (Å²) in [6, 6.07) is 10.3. The summed E-state index contributed by atoms with van der Waals surface area (Å²) in [7, 11) is -2.28.